The van der Waals surface area contributed by atoms with Gasteiger partial charge >= 0.3 is 0 Å². The molecular formula is C8H15F2NO. The zero-order valence-corrected chi connectivity index (χ0v) is 7.06. The van der Waals surface area contributed by atoms with E-state index in [2.05, 4.69) is 5.32 Å². The van der Waals surface area contributed by atoms with Gasteiger partial charge in [0.05, 0.1) is 6.54 Å². The van der Waals surface area contributed by atoms with Crippen LogP contribution in [0.3, 0.4) is 0 Å². The lowest BCUT2D eigenvalue weighted by Crippen LogP contribution is -2.33. The number of hydrogen-bond acceptors (Lipinski definition) is 2. The molecule has 1 aliphatic rings. The fourth-order valence-electron chi connectivity index (χ4n) is 1.36. The second-order valence-corrected chi connectivity index (χ2v) is 3.04. The van der Waals surface area contributed by atoms with Gasteiger partial charge in [0.25, 0.3) is 6.43 Å². The Kier molecular flexibility index (Phi) is 4.46. The predicted octanol–water partition coefficient (Wildman–Crippen LogP) is 1.41. The summed E-state index contributed by atoms with van der Waals surface area (Å²) < 4.78 is 28.8. The smallest absolute Gasteiger partial charge is 0.250 e. The molecule has 0 bridgehead atoms. The van der Waals surface area contributed by atoms with E-state index in [-0.39, 0.29) is 12.6 Å². The Labute approximate surface area is 71.3 Å². The number of rotatable bonds is 3. The Bertz CT molecular complexity index is 114. The van der Waals surface area contributed by atoms with Crippen molar-refractivity contribution in [3.63, 3.8) is 0 Å². The monoisotopic (exact) mass is 179 g/mol. The number of halogens is 2. The Balaban J connectivity index is 2.12. The summed E-state index contributed by atoms with van der Waals surface area (Å²) >= 11 is 0. The second kappa shape index (κ2) is 5.43. The van der Waals surface area contributed by atoms with Crippen molar-refractivity contribution in [3.8, 4) is 0 Å². The molecule has 2 nitrogen and oxygen atoms in total. The first-order valence-electron chi connectivity index (χ1n) is 4.38. The van der Waals surface area contributed by atoms with Crippen LogP contribution in [0, 0.1) is 0 Å². The minimum absolute atomic E-state index is 0.190. The lowest BCUT2D eigenvalue weighted by Gasteiger charge is -2.14. The zero-order valence-electron chi connectivity index (χ0n) is 7.06. The van der Waals surface area contributed by atoms with Crippen molar-refractivity contribution in [2.45, 2.75) is 31.7 Å². The highest BCUT2D eigenvalue weighted by Gasteiger charge is 2.13. The summed E-state index contributed by atoms with van der Waals surface area (Å²) in [6.07, 6.45) is 0.537. The summed E-state index contributed by atoms with van der Waals surface area (Å²) in [5.74, 6) is 0. The average Bonchev–Trinajstić information content (AvgIpc) is 2.28. The molecule has 1 heterocycles. The molecule has 12 heavy (non-hydrogen) atoms. The van der Waals surface area contributed by atoms with E-state index in [9.17, 15) is 8.78 Å². The van der Waals surface area contributed by atoms with Gasteiger partial charge in [0.2, 0.25) is 0 Å². The Morgan fingerprint density at radius 3 is 2.92 bits per heavy atom. The fraction of sp³-hybridized carbons (Fsp3) is 1.00. The van der Waals surface area contributed by atoms with Crippen LogP contribution in [0.5, 0.6) is 0 Å². The van der Waals surface area contributed by atoms with Crippen LogP contribution in [-0.2, 0) is 4.74 Å². The van der Waals surface area contributed by atoms with Crippen LogP contribution in [0.25, 0.3) is 0 Å². The van der Waals surface area contributed by atoms with Gasteiger partial charge < -0.3 is 10.1 Å². The summed E-state index contributed by atoms with van der Waals surface area (Å²) in [7, 11) is 0. The molecule has 4 heteroatoms. The third-order valence-electron chi connectivity index (χ3n) is 2.01. The molecule has 0 amide bonds. The Hall–Kier alpha value is -0.220. The second-order valence-electron chi connectivity index (χ2n) is 3.04. The molecule has 0 aromatic rings. The highest BCUT2D eigenvalue weighted by molar-refractivity contribution is 4.69. The maximum Gasteiger partial charge on any atom is 0.250 e. The first-order chi connectivity index (χ1) is 5.79. The maximum absolute atomic E-state index is 11.8. The Morgan fingerprint density at radius 1 is 1.33 bits per heavy atom. The summed E-state index contributed by atoms with van der Waals surface area (Å²) in [5.41, 5.74) is 0. The van der Waals surface area contributed by atoms with E-state index < -0.39 is 6.43 Å². The van der Waals surface area contributed by atoms with Gasteiger partial charge in [-0.2, -0.15) is 0 Å². The number of ether oxygens (including phenoxy) is 1. The molecule has 0 spiro atoms. The van der Waals surface area contributed by atoms with Gasteiger partial charge in [-0.05, 0) is 19.3 Å². The van der Waals surface area contributed by atoms with Crippen LogP contribution >= 0.6 is 0 Å². The first-order valence-corrected chi connectivity index (χ1v) is 4.38. The number of alkyl halides is 2. The third-order valence-corrected chi connectivity index (χ3v) is 2.01. The number of nitrogens with one attached hydrogen (secondary N) is 1. The van der Waals surface area contributed by atoms with E-state index >= 15 is 0 Å². The highest BCUT2D eigenvalue weighted by atomic mass is 19.3. The average molecular weight is 179 g/mol. The van der Waals surface area contributed by atoms with E-state index in [0.29, 0.717) is 6.61 Å². The van der Waals surface area contributed by atoms with Crippen LogP contribution in [-0.4, -0.2) is 32.2 Å². The van der Waals surface area contributed by atoms with Crippen LogP contribution in [0.1, 0.15) is 19.3 Å². The van der Waals surface area contributed by atoms with E-state index in [0.717, 1.165) is 25.9 Å². The summed E-state index contributed by atoms with van der Waals surface area (Å²) in [6.45, 7) is 1.28. The first kappa shape index (κ1) is 9.86. The molecule has 0 aliphatic carbocycles. The topological polar surface area (TPSA) is 21.3 Å². The van der Waals surface area contributed by atoms with Gasteiger partial charge in [0, 0.05) is 19.3 Å². The van der Waals surface area contributed by atoms with Crippen molar-refractivity contribution >= 4 is 0 Å². The van der Waals surface area contributed by atoms with Crippen LogP contribution < -0.4 is 5.32 Å². The van der Waals surface area contributed by atoms with Crippen LogP contribution in [0.4, 0.5) is 8.78 Å². The molecule has 0 saturated carbocycles. The van der Waals surface area contributed by atoms with Crippen LogP contribution in [0.2, 0.25) is 0 Å². The molecule has 1 N–H and O–H groups in total. The van der Waals surface area contributed by atoms with Crippen molar-refractivity contribution in [2.24, 2.45) is 0 Å². The molecule has 0 radical (unpaired) electrons. The minimum atomic E-state index is -2.24. The highest BCUT2D eigenvalue weighted by Crippen LogP contribution is 2.08. The van der Waals surface area contributed by atoms with Gasteiger partial charge in [-0.3, -0.25) is 0 Å². The van der Waals surface area contributed by atoms with E-state index in [1.54, 1.807) is 0 Å². The molecule has 0 aromatic carbocycles. The van der Waals surface area contributed by atoms with Gasteiger partial charge in [0.1, 0.15) is 0 Å². The van der Waals surface area contributed by atoms with Gasteiger partial charge in [0.15, 0.2) is 0 Å². The summed E-state index contributed by atoms with van der Waals surface area (Å²) in [6, 6.07) is 0.224. The molecule has 0 aromatic heterocycles. The van der Waals surface area contributed by atoms with Gasteiger partial charge in [-0.1, -0.05) is 0 Å². The molecule has 1 aliphatic heterocycles. The fourth-order valence-corrected chi connectivity index (χ4v) is 1.36. The van der Waals surface area contributed by atoms with Crippen LogP contribution in [0.15, 0.2) is 0 Å². The van der Waals surface area contributed by atoms with Crippen molar-refractivity contribution in [3.05, 3.63) is 0 Å². The molecule has 72 valence electrons. The van der Waals surface area contributed by atoms with E-state index in [1.165, 1.54) is 0 Å². The Morgan fingerprint density at radius 2 is 2.17 bits per heavy atom. The number of hydrogen-bond donors (Lipinski definition) is 1. The van der Waals surface area contributed by atoms with Crippen molar-refractivity contribution < 1.29 is 13.5 Å². The standard InChI is InChI=1S/C8H15F2NO/c9-8(10)6-11-7-2-1-4-12-5-3-7/h7-8,11H,1-6H2. The van der Waals surface area contributed by atoms with Gasteiger partial charge in [-0.25, -0.2) is 8.78 Å². The zero-order chi connectivity index (χ0) is 8.81. The van der Waals surface area contributed by atoms with Gasteiger partial charge in [-0.15, -0.1) is 0 Å². The van der Waals surface area contributed by atoms with E-state index in [4.69, 9.17) is 4.74 Å². The molecule has 1 unspecified atom stereocenters. The molecule has 1 saturated heterocycles. The lowest BCUT2D eigenvalue weighted by molar-refractivity contribution is 0.132. The molecular weight excluding hydrogens is 164 g/mol. The normalized spacial score (nSPS) is 25.8. The maximum atomic E-state index is 11.8. The largest absolute Gasteiger partial charge is 0.381 e. The molecule has 1 atom stereocenters. The lowest BCUT2D eigenvalue weighted by atomic mass is 10.1. The minimum Gasteiger partial charge on any atom is -0.381 e. The SMILES string of the molecule is FC(F)CNC1CCCOCC1. The third kappa shape index (κ3) is 3.97. The predicted molar refractivity (Wildman–Crippen MR) is 42.5 cm³/mol. The summed E-state index contributed by atoms with van der Waals surface area (Å²) in [4.78, 5) is 0. The molecule has 1 fully saturated rings. The van der Waals surface area contributed by atoms with Crippen molar-refractivity contribution in [1.29, 1.82) is 0 Å². The van der Waals surface area contributed by atoms with E-state index in [1.807, 2.05) is 0 Å². The summed E-state index contributed by atoms with van der Waals surface area (Å²) in [5, 5.41) is 2.83. The van der Waals surface area contributed by atoms with Crippen molar-refractivity contribution in [2.75, 3.05) is 19.8 Å². The molecule has 1 rings (SSSR count). The van der Waals surface area contributed by atoms with Crippen molar-refractivity contribution in [1.82, 2.24) is 5.32 Å². The quantitative estimate of drug-likeness (QED) is 0.707.